The first-order valence-corrected chi connectivity index (χ1v) is 7.19. The zero-order valence-electron chi connectivity index (χ0n) is 11.9. The van der Waals surface area contributed by atoms with Crippen LogP contribution >= 0.6 is 0 Å². The molecule has 2 heteroatoms. The van der Waals surface area contributed by atoms with Crippen LogP contribution in [0.5, 0.6) is 0 Å². The summed E-state index contributed by atoms with van der Waals surface area (Å²) in [7, 11) is 0. The van der Waals surface area contributed by atoms with Crippen molar-refractivity contribution in [3.05, 3.63) is 0 Å². The summed E-state index contributed by atoms with van der Waals surface area (Å²) < 4.78 is 0. The molecule has 100 valence electrons. The average molecular weight is 239 g/mol. The fourth-order valence-electron chi connectivity index (χ4n) is 4.27. The van der Waals surface area contributed by atoms with Gasteiger partial charge in [0.05, 0.1) is 5.60 Å². The molecule has 0 heterocycles. The van der Waals surface area contributed by atoms with Crippen LogP contribution in [0.3, 0.4) is 0 Å². The Labute approximate surface area is 106 Å². The van der Waals surface area contributed by atoms with Gasteiger partial charge in [0.1, 0.15) is 0 Å². The van der Waals surface area contributed by atoms with Crippen molar-refractivity contribution in [1.82, 2.24) is 0 Å². The molecule has 0 atom stereocenters. The predicted molar refractivity (Wildman–Crippen MR) is 71.7 cm³/mol. The first kappa shape index (κ1) is 13.4. The SMILES string of the molecule is CC(C)C1CCC(O)(C2(N)CC(C)(C)C2)CC1. The topological polar surface area (TPSA) is 46.2 Å². The Hall–Kier alpha value is -0.0800. The lowest BCUT2D eigenvalue weighted by Crippen LogP contribution is -2.70. The third-order valence-electron chi connectivity index (χ3n) is 5.32. The molecule has 17 heavy (non-hydrogen) atoms. The standard InChI is InChI=1S/C15H29NO/c1-11(2)12-5-7-15(17,8-6-12)14(16)9-13(3,4)10-14/h11-12,17H,5-10,16H2,1-4H3. The van der Waals surface area contributed by atoms with E-state index in [2.05, 4.69) is 27.7 Å². The Morgan fingerprint density at radius 3 is 1.94 bits per heavy atom. The Kier molecular flexibility index (Phi) is 3.11. The highest BCUT2D eigenvalue weighted by atomic mass is 16.3. The Morgan fingerprint density at radius 2 is 1.59 bits per heavy atom. The van der Waals surface area contributed by atoms with Crippen LogP contribution in [0.15, 0.2) is 0 Å². The third-order valence-corrected chi connectivity index (χ3v) is 5.32. The fourth-order valence-corrected chi connectivity index (χ4v) is 4.27. The summed E-state index contributed by atoms with van der Waals surface area (Å²) in [6, 6.07) is 0. The molecule has 0 aromatic heterocycles. The average Bonchev–Trinajstić information content (AvgIpc) is 2.15. The van der Waals surface area contributed by atoms with E-state index < -0.39 is 5.60 Å². The first-order valence-electron chi connectivity index (χ1n) is 7.19. The maximum Gasteiger partial charge on any atom is 0.0826 e. The summed E-state index contributed by atoms with van der Waals surface area (Å²) in [6.45, 7) is 9.09. The number of hydrogen-bond acceptors (Lipinski definition) is 2. The van der Waals surface area contributed by atoms with Gasteiger partial charge in [0.2, 0.25) is 0 Å². The first-order chi connectivity index (χ1) is 7.68. The molecular weight excluding hydrogens is 210 g/mol. The predicted octanol–water partition coefficient (Wildman–Crippen LogP) is 3.08. The second-order valence-corrected chi connectivity index (χ2v) is 7.79. The maximum absolute atomic E-state index is 10.9. The molecule has 2 fully saturated rings. The molecule has 2 aliphatic carbocycles. The lowest BCUT2D eigenvalue weighted by atomic mass is 9.50. The summed E-state index contributed by atoms with van der Waals surface area (Å²) in [5.41, 5.74) is 5.90. The Bertz CT molecular complexity index is 279. The minimum Gasteiger partial charge on any atom is -0.388 e. The van der Waals surface area contributed by atoms with Crippen molar-refractivity contribution in [2.45, 2.75) is 77.4 Å². The lowest BCUT2D eigenvalue weighted by Gasteiger charge is -2.60. The van der Waals surface area contributed by atoms with Crippen molar-refractivity contribution in [3.8, 4) is 0 Å². The molecule has 2 saturated carbocycles. The van der Waals surface area contributed by atoms with Gasteiger partial charge in [-0.1, -0.05) is 27.7 Å². The van der Waals surface area contributed by atoms with Gasteiger partial charge in [0.15, 0.2) is 0 Å². The van der Waals surface area contributed by atoms with Crippen LogP contribution in [0, 0.1) is 17.3 Å². The smallest absolute Gasteiger partial charge is 0.0826 e. The minimum atomic E-state index is -0.589. The zero-order chi connectivity index (χ0) is 12.9. The maximum atomic E-state index is 10.9. The quantitative estimate of drug-likeness (QED) is 0.778. The van der Waals surface area contributed by atoms with E-state index in [1.165, 1.54) is 0 Å². The van der Waals surface area contributed by atoms with E-state index in [1.807, 2.05) is 0 Å². The van der Waals surface area contributed by atoms with Gasteiger partial charge in [-0.25, -0.2) is 0 Å². The minimum absolute atomic E-state index is 0.307. The van der Waals surface area contributed by atoms with Crippen LogP contribution in [0.1, 0.15) is 66.2 Å². The monoisotopic (exact) mass is 239 g/mol. The van der Waals surface area contributed by atoms with E-state index in [9.17, 15) is 5.11 Å². The molecule has 3 N–H and O–H groups in total. The van der Waals surface area contributed by atoms with Crippen molar-refractivity contribution in [1.29, 1.82) is 0 Å². The number of hydrogen-bond donors (Lipinski definition) is 2. The summed E-state index contributed by atoms with van der Waals surface area (Å²) in [4.78, 5) is 0. The number of aliphatic hydroxyl groups is 1. The summed E-state index contributed by atoms with van der Waals surface area (Å²) in [5.74, 6) is 1.53. The van der Waals surface area contributed by atoms with Gasteiger partial charge >= 0.3 is 0 Å². The van der Waals surface area contributed by atoms with Crippen molar-refractivity contribution < 1.29 is 5.11 Å². The van der Waals surface area contributed by atoms with Gasteiger partial charge in [-0.3, -0.25) is 0 Å². The normalized spacial score (nSPS) is 40.1. The molecule has 2 aliphatic rings. The summed E-state index contributed by atoms with van der Waals surface area (Å²) in [6.07, 6.45) is 6.05. The molecule has 0 aromatic carbocycles. The van der Waals surface area contributed by atoms with E-state index in [4.69, 9.17) is 5.73 Å². The molecule has 0 amide bonds. The molecule has 0 spiro atoms. The van der Waals surface area contributed by atoms with E-state index in [1.54, 1.807) is 0 Å². The van der Waals surface area contributed by atoms with Crippen LogP contribution in [0.2, 0.25) is 0 Å². The van der Waals surface area contributed by atoms with Crippen molar-refractivity contribution in [3.63, 3.8) is 0 Å². The molecule has 0 aromatic rings. The van der Waals surface area contributed by atoms with Gasteiger partial charge in [0, 0.05) is 5.54 Å². The highest BCUT2D eigenvalue weighted by Gasteiger charge is 2.58. The zero-order valence-corrected chi connectivity index (χ0v) is 11.9. The van der Waals surface area contributed by atoms with Gasteiger partial charge in [-0.15, -0.1) is 0 Å². The van der Waals surface area contributed by atoms with Crippen molar-refractivity contribution in [2.24, 2.45) is 23.0 Å². The number of nitrogens with two attached hydrogens (primary N) is 1. The summed E-state index contributed by atoms with van der Waals surface area (Å²) >= 11 is 0. The Balaban J connectivity index is 1.99. The van der Waals surface area contributed by atoms with Crippen LogP contribution in [-0.4, -0.2) is 16.2 Å². The highest BCUT2D eigenvalue weighted by molar-refractivity contribution is 5.15. The molecule has 0 aliphatic heterocycles. The third kappa shape index (κ3) is 2.26. The van der Waals surface area contributed by atoms with E-state index in [0.29, 0.717) is 5.41 Å². The molecule has 2 nitrogen and oxygen atoms in total. The van der Waals surface area contributed by atoms with Crippen LogP contribution in [0.4, 0.5) is 0 Å². The number of rotatable bonds is 2. The van der Waals surface area contributed by atoms with Crippen LogP contribution < -0.4 is 5.73 Å². The van der Waals surface area contributed by atoms with E-state index in [0.717, 1.165) is 50.4 Å². The van der Waals surface area contributed by atoms with E-state index in [-0.39, 0.29) is 5.54 Å². The van der Waals surface area contributed by atoms with Crippen LogP contribution in [0.25, 0.3) is 0 Å². The molecule has 0 bridgehead atoms. The van der Waals surface area contributed by atoms with E-state index >= 15 is 0 Å². The lowest BCUT2D eigenvalue weighted by molar-refractivity contribution is -0.141. The van der Waals surface area contributed by atoms with Gasteiger partial charge < -0.3 is 10.8 Å². The summed E-state index contributed by atoms with van der Waals surface area (Å²) in [5, 5.41) is 10.9. The second kappa shape index (κ2) is 3.96. The van der Waals surface area contributed by atoms with Gasteiger partial charge in [-0.05, 0) is 55.8 Å². The molecular formula is C15H29NO. The highest BCUT2D eigenvalue weighted by Crippen LogP contribution is 2.55. The fraction of sp³-hybridized carbons (Fsp3) is 1.00. The molecule has 0 saturated heterocycles. The van der Waals surface area contributed by atoms with Gasteiger partial charge in [0.25, 0.3) is 0 Å². The Morgan fingerprint density at radius 1 is 1.12 bits per heavy atom. The molecule has 0 unspecified atom stereocenters. The second-order valence-electron chi connectivity index (χ2n) is 7.79. The molecule has 2 rings (SSSR count). The van der Waals surface area contributed by atoms with Crippen molar-refractivity contribution in [2.75, 3.05) is 0 Å². The molecule has 0 radical (unpaired) electrons. The largest absolute Gasteiger partial charge is 0.388 e. The van der Waals surface area contributed by atoms with Crippen molar-refractivity contribution >= 4 is 0 Å². The van der Waals surface area contributed by atoms with Crippen LogP contribution in [-0.2, 0) is 0 Å². The van der Waals surface area contributed by atoms with Gasteiger partial charge in [-0.2, -0.15) is 0 Å².